The van der Waals surface area contributed by atoms with Gasteiger partial charge < -0.3 is 14.8 Å². The van der Waals surface area contributed by atoms with Gasteiger partial charge in [0.1, 0.15) is 5.75 Å². The second kappa shape index (κ2) is 6.88. The van der Waals surface area contributed by atoms with Crippen LogP contribution in [0.2, 0.25) is 5.02 Å². The molecular formula is C17H24ClNO3. The molecule has 1 aliphatic heterocycles. The Balaban J connectivity index is 1.98. The molecule has 1 aliphatic rings. The molecule has 1 N–H and O–H groups in total. The third-order valence-electron chi connectivity index (χ3n) is 3.93. The molecule has 0 unspecified atom stereocenters. The highest BCUT2D eigenvalue weighted by Crippen LogP contribution is 2.25. The summed E-state index contributed by atoms with van der Waals surface area (Å²) in [6.07, 6.45) is 2.13. The van der Waals surface area contributed by atoms with Gasteiger partial charge in [0.05, 0.1) is 12.1 Å². The number of rotatable bonds is 5. The van der Waals surface area contributed by atoms with Gasteiger partial charge in [-0.2, -0.15) is 0 Å². The Kier molecular flexibility index (Phi) is 5.35. The van der Waals surface area contributed by atoms with Crippen LogP contribution in [0.5, 0.6) is 5.75 Å². The van der Waals surface area contributed by atoms with Crippen LogP contribution in [-0.4, -0.2) is 30.3 Å². The molecule has 0 spiro atoms. The summed E-state index contributed by atoms with van der Waals surface area (Å²) in [6.45, 7) is 8.16. The summed E-state index contributed by atoms with van der Waals surface area (Å²) in [7, 11) is 0. The number of nitrogens with one attached hydrogen (secondary N) is 1. The minimum absolute atomic E-state index is 0.0233. The lowest BCUT2D eigenvalue weighted by molar-refractivity contribution is -0.135. The van der Waals surface area contributed by atoms with Crippen molar-refractivity contribution in [3.8, 4) is 5.75 Å². The molecule has 0 aliphatic carbocycles. The molecule has 1 amide bonds. The lowest BCUT2D eigenvalue weighted by Gasteiger charge is -2.29. The van der Waals surface area contributed by atoms with Crippen molar-refractivity contribution < 1.29 is 14.3 Å². The minimum atomic E-state index is -0.965. The van der Waals surface area contributed by atoms with Gasteiger partial charge in [-0.15, -0.1) is 0 Å². The lowest BCUT2D eigenvalue weighted by atomic mass is 10.1. The molecule has 1 saturated heterocycles. The van der Waals surface area contributed by atoms with E-state index >= 15 is 0 Å². The molecule has 2 atom stereocenters. The smallest absolute Gasteiger partial charge is 0.263 e. The fraction of sp³-hybridized carbons (Fsp3) is 0.588. The predicted molar refractivity (Wildman–Crippen MR) is 87.5 cm³/mol. The van der Waals surface area contributed by atoms with Gasteiger partial charge in [-0.25, -0.2) is 0 Å². The van der Waals surface area contributed by atoms with Crippen LogP contribution in [0, 0.1) is 6.92 Å². The van der Waals surface area contributed by atoms with Gasteiger partial charge in [0.15, 0.2) is 5.60 Å². The normalized spacial score (nSPS) is 19.8. The van der Waals surface area contributed by atoms with Crippen molar-refractivity contribution in [2.75, 3.05) is 6.61 Å². The van der Waals surface area contributed by atoms with Crippen LogP contribution in [0.3, 0.4) is 0 Å². The second-order valence-corrected chi connectivity index (χ2v) is 6.74. The van der Waals surface area contributed by atoms with Gasteiger partial charge in [-0.3, -0.25) is 4.79 Å². The van der Waals surface area contributed by atoms with E-state index in [1.54, 1.807) is 26.0 Å². The van der Waals surface area contributed by atoms with E-state index in [1.165, 1.54) is 0 Å². The second-order valence-electron chi connectivity index (χ2n) is 6.34. The zero-order chi connectivity index (χ0) is 16.3. The summed E-state index contributed by atoms with van der Waals surface area (Å²) in [6, 6.07) is 5.36. The maximum absolute atomic E-state index is 12.5. The number of carbonyl (C=O) groups excluding carboxylic acids is 1. The average Bonchev–Trinajstić information content (AvgIpc) is 2.96. The van der Waals surface area contributed by atoms with Crippen molar-refractivity contribution in [1.82, 2.24) is 5.32 Å². The quantitative estimate of drug-likeness (QED) is 0.901. The van der Waals surface area contributed by atoms with E-state index < -0.39 is 5.60 Å². The Morgan fingerprint density at radius 2 is 2.23 bits per heavy atom. The van der Waals surface area contributed by atoms with Gasteiger partial charge in [0, 0.05) is 11.6 Å². The summed E-state index contributed by atoms with van der Waals surface area (Å²) < 4.78 is 11.5. The van der Waals surface area contributed by atoms with E-state index in [9.17, 15) is 4.79 Å². The van der Waals surface area contributed by atoms with Crippen molar-refractivity contribution in [1.29, 1.82) is 0 Å². The molecule has 0 aromatic heterocycles. The van der Waals surface area contributed by atoms with E-state index in [0.717, 1.165) is 25.0 Å². The van der Waals surface area contributed by atoms with Crippen molar-refractivity contribution >= 4 is 17.5 Å². The third kappa shape index (κ3) is 4.14. The fourth-order valence-electron chi connectivity index (χ4n) is 2.49. The zero-order valence-corrected chi connectivity index (χ0v) is 14.4. The van der Waals surface area contributed by atoms with Crippen LogP contribution in [-0.2, 0) is 9.53 Å². The number of hydrogen-bond donors (Lipinski definition) is 1. The predicted octanol–water partition coefficient (Wildman–Crippen LogP) is 3.49. The minimum Gasteiger partial charge on any atom is -0.478 e. The molecule has 4 nitrogen and oxygen atoms in total. The van der Waals surface area contributed by atoms with E-state index in [0.29, 0.717) is 10.8 Å². The average molecular weight is 326 g/mol. The van der Waals surface area contributed by atoms with Crippen LogP contribution >= 0.6 is 11.6 Å². The monoisotopic (exact) mass is 325 g/mol. The number of carbonyl (C=O) groups is 1. The van der Waals surface area contributed by atoms with Crippen LogP contribution in [0.1, 0.15) is 39.2 Å². The van der Waals surface area contributed by atoms with Crippen molar-refractivity contribution in [2.45, 2.75) is 58.3 Å². The van der Waals surface area contributed by atoms with Crippen LogP contribution in [0.25, 0.3) is 0 Å². The highest BCUT2D eigenvalue weighted by atomic mass is 35.5. The summed E-state index contributed by atoms with van der Waals surface area (Å²) in [5, 5.41) is 3.68. The molecule has 0 radical (unpaired) electrons. The first-order valence-corrected chi connectivity index (χ1v) is 8.05. The molecule has 1 aromatic carbocycles. The zero-order valence-electron chi connectivity index (χ0n) is 13.6. The Hall–Kier alpha value is -1.26. The third-order valence-corrected chi connectivity index (χ3v) is 4.35. The number of benzene rings is 1. The Morgan fingerprint density at radius 3 is 2.82 bits per heavy atom. The number of halogens is 1. The van der Waals surface area contributed by atoms with Gasteiger partial charge >= 0.3 is 0 Å². The molecule has 0 bridgehead atoms. The SMILES string of the molecule is Cc1cc(OC(C)(C)C(=O)N[C@@H](C)[C@H]2CCCO2)ccc1Cl. The van der Waals surface area contributed by atoms with E-state index in [-0.39, 0.29) is 18.1 Å². The van der Waals surface area contributed by atoms with Crippen molar-refractivity contribution in [3.63, 3.8) is 0 Å². The summed E-state index contributed by atoms with van der Waals surface area (Å²) in [5.74, 6) is 0.481. The van der Waals surface area contributed by atoms with Crippen LogP contribution in [0.4, 0.5) is 0 Å². The molecule has 22 heavy (non-hydrogen) atoms. The number of aryl methyl sites for hydroxylation is 1. The summed E-state index contributed by atoms with van der Waals surface area (Å²) >= 11 is 6.01. The standard InChI is InChI=1S/C17H24ClNO3/c1-11-10-13(7-8-14(11)18)22-17(3,4)16(20)19-12(2)15-6-5-9-21-15/h7-8,10,12,15H,5-6,9H2,1-4H3,(H,19,20)/t12-,15+/m0/s1. The number of ether oxygens (including phenoxy) is 2. The molecule has 1 aromatic rings. The highest BCUT2D eigenvalue weighted by molar-refractivity contribution is 6.31. The largest absolute Gasteiger partial charge is 0.478 e. The van der Waals surface area contributed by atoms with Gasteiger partial charge in [-0.05, 0) is 64.3 Å². The molecule has 2 rings (SSSR count). The van der Waals surface area contributed by atoms with E-state index in [2.05, 4.69) is 5.32 Å². The summed E-state index contributed by atoms with van der Waals surface area (Å²) in [5.41, 5.74) is -0.0456. The topological polar surface area (TPSA) is 47.6 Å². The van der Waals surface area contributed by atoms with E-state index in [1.807, 2.05) is 19.9 Å². The summed E-state index contributed by atoms with van der Waals surface area (Å²) in [4.78, 5) is 12.5. The Morgan fingerprint density at radius 1 is 1.50 bits per heavy atom. The molecule has 122 valence electrons. The van der Waals surface area contributed by atoms with Crippen LogP contribution in [0.15, 0.2) is 18.2 Å². The first-order chi connectivity index (χ1) is 10.3. The molecule has 1 fully saturated rings. The highest BCUT2D eigenvalue weighted by Gasteiger charge is 2.33. The van der Waals surface area contributed by atoms with Crippen LogP contribution < -0.4 is 10.1 Å². The van der Waals surface area contributed by atoms with Gasteiger partial charge in [0.25, 0.3) is 5.91 Å². The maximum atomic E-state index is 12.5. The Labute approximate surface area is 137 Å². The van der Waals surface area contributed by atoms with Gasteiger partial charge in [0.2, 0.25) is 0 Å². The van der Waals surface area contributed by atoms with Crippen molar-refractivity contribution in [2.24, 2.45) is 0 Å². The fourth-order valence-corrected chi connectivity index (χ4v) is 2.61. The first kappa shape index (κ1) is 17.1. The van der Waals surface area contributed by atoms with Gasteiger partial charge in [-0.1, -0.05) is 11.6 Å². The lowest BCUT2D eigenvalue weighted by Crippen LogP contribution is -2.52. The number of amides is 1. The number of hydrogen-bond acceptors (Lipinski definition) is 3. The molecule has 1 heterocycles. The molecular weight excluding hydrogens is 302 g/mol. The molecule has 5 heteroatoms. The maximum Gasteiger partial charge on any atom is 0.263 e. The molecule has 0 saturated carbocycles. The van der Waals surface area contributed by atoms with E-state index in [4.69, 9.17) is 21.1 Å². The Bertz CT molecular complexity index is 539. The first-order valence-electron chi connectivity index (χ1n) is 7.67. The van der Waals surface area contributed by atoms with Crippen molar-refractivity contribution in [3.05, 3.63) is 28.8 Å².